The van der Waals surface area contributed by atoms with Crippen molar-refractivity contribution in [2.75, 3.05) is 14.1 Å². The Labute approximate surface area is 185 Å². The van der Waals surface area contributed by atoms with Crippen molar-refractivity contribution in [2.45, 2.75) is 57.2 Å². The first kappa shape index (κ1) is 23.7. The van der Waals surface area contributed by atoms with Gasteiger partial charge in [0.2, 0.25) is 0 Å². The van der Waals surface area contributed by atoms with Crippen molar-refractivity contribution in [1.29, 1.82) is 0 Å². The molecule has 0 saturated heterocycles. The molecule has 1 nitrogen and oxygen atoms in total. The third kappa shape index (κ3) is 6.89. The molecule has 1 aromatic rings. The standard InChI is InChI=1S/C17H33NPSi2.K/c1-14(18(2)3)15-12-10-11-13-16(15)19-17(20(4,5)6)21(7,8)9;/h10-14,17H,1-9H3;/q-1;+1/t14-;/m1./s1. The van der Waals surface area contributed by atoms with Crippen LogP contribution in [0.5, 0.6) is 0 Å². The van der Waals surface area contributed by atoms with Gasteiger partial charge in [0, 0.05) is 22.2 Å². The smallest absolute Gasteiger partial charge is 0.508 e. The van der Waals surface area contributed by atoms with Crippen LogP contribution in [0.25, 0.3) is 0 Å². The van der Waals surface area contributed by atoms with Crippen LogP contribution in [-0.2, 0) is 0 Å². The molecular formula is C17H33KNPSi2. The van der Waals surface area contributed by atoms with Crippen molar-refractivity contribution in [3.63, 3.8) is 0 Å². The van der Waals surface area contributed by atoms with Gasteiger partial charge in [-0.05, 0) is 21.0 Å². The number of hydrogen-bond acceptors (Lipinski definition) is 1. The monoisotopic (exact) mass is 377 g/mol. The van der Waals surface area contributed by atoms with E-state index in [4.69, 9.17) is 0 Å². The molecule has 0 aliphatic rings. The number of hydrogen-bond donors (Lipinski definition) is 0. The Hall–Kier alpha value is 1.68. The first-order valence-electron chi connectivity index (χ1n) is 7.91. The van der Waals surface area contributed by atoms with E-state index in [0.29, 0.717) is 6.04 Å². The van der Waals surface area contributed by atoms with E-state index in [2.05, 4.69) is 89.5 Å². The van der Waals surface area contributed by atoms with Crippen LogP contribution in [-0.4, -0.2) is 40.0 Å². The van der Waals surface area contributed by atoms with Gasteiger partial charge in [0.25, 0.3) is 0 Å². The van der Waals surface area contributed by atoms with E-state index < -0.39 is 16.1 Å². The summed E-state index contributed by atoms with van der Waals surface area (Å²) in [6.07, 6.45) is 0. The van der Waals surface area contributed by atoms with Crippen LogP contribution in [0.2, 0.25) is 39.3 Å². The summed E-state index contributed by atoms with van der Waals surface area (Å²) in [6, 6.07) is 9.55. The Bertz CT molecular complexity index is 452. The molecule has 0 aromatic heterocycles. The fourth-order valence-electron chi connectivity index (χ4n) is 3.06. The van der Waals surface area contributed by atoms with E-state index in [1.54, 1.807) is 13.9 Å². The summed E-state index contributed by atoms with van der Waals surface area (Å²) in [4.78, 5) is 3.22. The third-order valence-electron chi connectivity index (χ3n) is 4.07. The van der Waals surface area contributed by atoms with Gasteiger partial charge in [0.05, 0.1) is 0 Å². The molecule has 0 spiro atoms. The summed E-state index contributed by atoms with van der Waals surface area (Å²) in [5, 5.41) is 1.55. The van der Waals surface area contributed by atoms with Crippen molar-refractivity contribution in [1.82, 2.24) is 4.90 Å². The molecule has 0 aliphatic heterocycles. The summed E-state index contributed by atoms with van der Waals surface area (Å²) in [5.74, 6) is 0. The predicted octanol–water partition coefficient (Wildman–Crippen LogP) is 2.01. The van der Waals surface area contributed by atoms with E-state index in [1.807, 2.05) is 0 Å². The van der Waals surface area contributed by atoms with Gasteiger partial charge < -0.3 is 13.5 Å². The second-order valence-electron chi connectivity index (χ2n) is 8.46. The Balaban J connectivity index is 0.00000441. The fraction of sp³-hybridized carbons (Fsp3) is 0.647. The summed E-state index contributed by atoms with van der Waals surface area (Å²) in [7, 11) is 3.61. The minimum absolute atomic E-state index is 0. The molecule has 1 rings (SSSR count). The molecule has 0 bridgehead atoms. The summed E-state index contributed by atoms with van der Waals surface area (Å²) in [5.41, 5.74) is 1.51. The largest absolute Gasteiger partial charge is 1.00 e. The molecular weight excluding hydrogens is 344 g/mol. The van der Waals surface area contributed by atoms with Crippen molar-refractivity contribution in [2.24, 2.45) is 0 Å². The zero-order valence-electron chi connectivity index (χ0n) is 16.4. The van der Waals surface area contributed by atoms with Gasteiger partial charge in [-0.3, -0.25) is 0 Å². The Kier molecular flexibility index (Phi) is 10.1. The number of nitrogens with zero attached hydrogens (tertiary/aromatic N) is 1. The van der Waals surface area contributed by atoms with Crippen molar-refractivity contribution in [3.05, 3.63) is 29.8 Å². The molecule has 1 atom stereocenters. The molecule has 22 heavy (non-hydrogen) atoms. The van der Waals surface area contributed by atoms with Crippen molar-refractivity contribution in [3.8, 4) is 0 Å². The van der Waals surface area contributed by atoms with Crippen LogP contribution in [0, 0.1) is 0 Å². The zero-order valence-corrected chi connectivity index (χ0v) is 22.4. The predicted molar refractivity (Wildman–Crippen MR) is 106 cm³/mol. The maximum Gasteiger partial charge on any atom is 1.00 e. The maximum atomic E-state index is 2.54. The first-order chi connectivity index (χ1) is 9.44. The van der Waals surface area contributed by atoms with Crippen molar-refractivity contribution < 1.29 is 51.4 Å². The van der Waals surface area contributed by atoms with E-state index in [-0.39, 0.29) is 51.4 Å². The van der Waals surface area contributed by atoms with Gasteiger partial charge in [0.15, 0.2) is 0 Å². The van der Waals surface area contributed by atoms with Gasteiger partial charge in [-0.25, -0.2) is 0 Å². The maximum absolute atomic E-state index is 2.54. The van der Waals surface area contributed by atoms with Crippen molar-refractivity contribution >= 4 is 30.0 Å². The van der Waals surface area contributed by atoms with Gasteiger partial charge in [-0.1, -0.05) is 69.1 Å². The Morgan fingerprint density at radius 3 is 1.77 bits per heavy atom. The van der Waals surface area contributed by atoms with E-state index in [1.165, 1.54) is 5.56 Å². The van der Waals surface area contributed by atoms with Gasteiger partial charge >= 0.3 is 51.4 Å². The Morgan fingerprint density at radius 2 is 1.36 bits per heavy atom. The third-order valence-corrected chi connectivity index (χ3v) is 18.9. The molecule has 0 aliphatic carbocycles. The van der Waals surface area contributed by atoms with Crippen LogP contribution in [0.4, 0.5) is 0 Å². The van der Waals surface area contributed by atoms with E-state index in [9.17, 15) is 0 Å². The van der Waals surface area contributed by atoms with E-state index in [0.717, 1.165) is 4.91 Å². The molecule has 120 valence electrons. The second kappa shape index (κ2) is 9.40. The quantitative estimate of drug-likeness (QED) is 0.541. The average Bonchev–Trinajstić information content (AvgIpc) is 2.32. The zero-order chi connectivity index (χ0) is 16.4. The van der Waals surface area contributed by atoms with E-state index >= 15 is 0 Å². The fourth-order valence-corrected chi connectivity index (χ4v) is 18.2. The van der Waals surface area contributed by atoms with Gasteiger partial charge in [-0.2, -0.15) is 10.2 Å². The van der Waals surface area contributed by atoms with Gasteiger partial charge in [-0.15, -0.1) is 0 Å². The summed E-state index contributed by atoms with van der Waals surface area (Å²) >= 11 is 0. The molecule has 0 unspecified atom stereocenters. The van der Waals surface area contributed by atoms with Crippen LogP contribution >= 0.6 is 8.58 Å². The molecule has 5 heteroatoms. The molecule has 0 heterocycles. The molecule has 0 saturated carbocycles. The molecule has 1 aromatic carbocycles. The van der Waals surface area contributed by atoms with Gasteiger partial charge in [0.1, 0.15) is 0 Å². The van der Waals surface area contributed by atoms with Crippen LogP contribution in [0.15, 0.2) is 24.3 Å². The average molecular weight is 378 g/mol. The Morgan fingerprint density at radius 1 is 0.909 bits per heavy atom. The molecule has 0 fully saturated rings. The van der Waals surface area contributed by atoms with Crippen LogP contribution < -0.4 is 56.7 Å². The number of benzene rings is 1. The molecule has 0 N–H and O–H groups in total. The normalized spacial score (nSPS) is 14.7. The molecule has 0 amide bonds. The summed E-state index contributed by atoms with van der Waals surface area (Å²) < 4.78 is 0. The van der Waals surface area contributed by atoms with Crippen LogP contribution in [0.3, 0.4) is 0 Å². The van der Waals surface area contributed by atoms with Crippen LogP contribution in [0.1, 0.15) is 18.5 Å². The second-order valence-corrected chi connectivity index (χ2v) is 21.9. The SMILES string of the molecule is C[C@H](c1ccccc1[P-]C([Si](C)(C)C)[Si](C)(C)C)N(C)C.[K+]. The minimum Gasteiger partial charge on any atom is -0.508 e. The first-order valence-corrected chi connectivity index (χ1v) is 16.0. The minimum atomic E-state index is -1.15. The summed E-state index contributed by atoms with van der Waals surface area (Å²) in [6.45, 7) is 17.6. The number of rotatable bonds is 6. The topological polar surface area (TPSA) is 3.24 Å². The molecule has 0 radical (unpaired) electrons.